The van der Waals surface area contributed by atoms with Gasteiger partial charge in [-0.2, -0.15) is 0 Å². The zero-order chi connectivity index (χ0) is 14.8. The molecule has 2 aromatic rings. The summed E-state index contributed by atoms with van der Waals surface area (Å²) >= 11 is 0. The first kappa shape index (κ1) is 12.4. The molecule has 22 heavy (non-hydrogen) atoms. The molecule has 4 aliphatic heterocycles. The maximum absolute atomic E-state index is 12.8. The number of nitrogens with zero attached hydrogens (tertiary/aromatic N) is 1. The number of carbonyl (C=O) groups excluding carboxylic acids is 1. The van der Waals surface area contributed by atoms with Crippen molar-refractivity contribution >= 4 is 5.91 Å². The fourth-order valence-electron chi connectivity index (χ4n) is 3.86. The molecule has 2 bridgehead atoms. The Bertz CT molecular complexity index is 763. The van der Waals surface area contributed by atoms with Crippen LogP contribution in [0.15, 0.2) is 54.6 Å². The van der Waals surface area contributed by atoms with Crippen molar-refractivity contribution in [2.75, 3.05) is 19.8 Å². The van der Waals surface area contributed by atoms with Crippen LogP contribution in [0.1, 0.15) is 21.5 Å². The van der Waals surface area contributed by atoms with Crippen LogP contribution in [-0.2, 0) is 20.8 Å². The first-order valence-corrected chi connectivity index (χ1v) is 7.50. The summed E-state index contributed by atoms with van der Waals surface area (Å²) in [4.78, 5) is 14.5. The Kier molecular flexibility index (Phi) is 2.23. The maximum Gasteiger partial charge on any atom is 0.283 e. The SMILES string of the molecule is O=C1c2ccccc2C23OCC(c4ccccc4)(CO2)CN13. The van der Waals surface area contributed by atoms with Crippen LogP contribution in [0.2, 0.25) is 0 Å². The zero-order valence-electron chi connectivity index (χ0n) is 12.0. The molecule has 0 aliphatic carbocycles. The first-order valence-electron chi connectivity index (χ1n) is 7.50. The summed E-state index contributed by atoms with van der Waals surface area (Å²) < 4.78 is 12.3. The zero-order valence-corrected chi connectivity index (χ0v) is 12.0. The molecule has 4 nitrogen and oxygen atoms in total. The van der Waals surface area contributed by atoms with Crippen LogP contribution in [-0.4, -0.2) is 30.6 Å². The molecule has 4 heteroatoms. The van der Waals surface area contributed by atoms with Gasteiger partial charge in [0.05, 0.1) is 24.2 Å². The fourth-order valence-corrected chi connectivity index (χ4v) is 3.86. The number of rotatable bonds is 1. The van der Waals surface area contributed by atoms with Crippen molar-refractivity contribution in [3.8, 4) is 0 Å². The molecule has 1 amide bonds. The van der Waals surface area contributed by atoms with Gasteiger partial charge in [0.25, 0.3) is 11.8 Å². The summed E-state index contributed by atoms with van der Waals surface area (Å²) in [6.07, 6.45) is 0. The highest BCUT2D eigenvalue weighted by molar-refractivity contribution is 5.99. The first-order chi connectivity index (χ1) is 10.8. The lowest BCUT2D eigenvalue weighted by Crippen LogP contribution is -2.67. The number of ether oxygens (including phenoxy) is 2. The molecule has 3 saturated heterocycles. The molecule has 6 rings (SSSR count). The second kappa shape index (κ2) is 3.97. The standard InChI is InChI=1S/C18H15NO3/c20-16-14-8-4-5-9-15(14)18-19(16)10-17(11-21-18,12-22-18)13-6-2-1-3-7-13/h1-9H,10-12H2. The number of fused-ring (bicyclic) bond motifs is 3. The Morgan fingerprint density at radius 3 is 2.36 bits per heavy atom. The van der Waals surface area contributed by atoms with Gasteiger partial charge in [-0.05, 0) is 11.6 Å². The van der Waals surface area contributed by atoms with Gasteiger partial charge in [0.1, 0.15) is 0 Å². The molecule has 0 unspecified atom stereocenters. The largest absolute Gasteiger partial charge is 0.328 e. The average molecular weight is 293 g/mol. The summed E-state index contributed by atoms with van der Waals surface area (Å²) in [6, 6.07) is 17.8. The van der Waals surface area contributed by atoms with E-state index in [1.165, 1.54) is 0 Å². The molecule has 0 aromatic heterocycles. The molecule has 1 spiro atoms. The van der Waals surface area contributed by atoms with Gasteiger partial charge in [0.2, 0.25) is 0 Å². The number of hydrogen-bond donors (Lipinski definition) is 0. The predicted octanol–water partition coefficient (Wildman–Crippen LogP) is 2.25. The minimum absolute atomic E-state index is 0.00435. The summed E-state index contributed by atoms with van der Waals surface area (Å²) in [5.41, 5.74) is 2.41. The van der Waals surface area contributed by atoms with Crippen LogP contribution in [0.5, 0.6) is 0 Å². The monoisotopic (exact) mass is 293 g/mol. The smallest absolute Gasteiger partial charge is 0.283 e. The van der Waals surface area contributed by atoms with Gasteiger partial charge in [0, 0.05) is 12.1 Å². The van der Waals surface area contributed by atoms with Crippen LogP contribution >= 0.6 is 0 Å². The molecule has 0 atom stereocenters. The Morgan fingerprint density at radius 2 is 1.59 bits per heavy atom. The van der Waals surface area contributed by atoms with E-state index in [9.17, 15) is 4.79 Å². The highest BCUT2D eigenvalue weighted by atomic mass is 16.7. The molecular weight excluding hydrogens is 278 g/mol. The minimum Gasteiger partial charge on any atom is -0.328 e. The van der Waals surface area contributed by atoms with Crippen molar-refractivity contribution in [3.05, 3.63) is 71.3 Å². The number of hydrogen-bond acceptors (Lipinski definition) is 3. The van der Waals surface area contributed by atoms with Crippen LogP contribution < -0.4 is 0 Å². The van der Waals surface area contributed by atoms with Crippen molar-refractivity contribution in [2.24, 2.45) is 0 Å². The van der Waals surface area contributed by atoms with Crippen molar-refractivity contribution < 1.29 is 14.3 Å². The fraction of sp³-hybridized carbons (Fsp3) is 0.278. The van der Waals surface area contributed by atoms with Crippen molar-refractivity contribution in [1.29, 1.82) is 0 Å². The minimum atomic E-state index is -1.01. The van der Waals surface area contributed by atoms with E-state index in [4.69, 9.17) is 9.47 Å². The lowest BCUT2D eigenvalue weighted by molar-refractivity contribution is -0.386. The van der Waals surface area contributed by atoms with E-state index in [1.807, 2.05) is 42.5 Å². The van der Waals surface area contributed by atoms with Gasteiger partial charge < -0.3 is 9.47 Å². The van der Waals surface area contributed by atoms with Crippen molar-refractivity contribution in [3.63, 3.8) is 0 Å². The summed E-state index contributed by atoms with van der Waals surface area (Å²) in [5, 5.41) is 0. The van der Waals surface area contributed by atoms with Crippen LogP contribution in [0.3, 0.4) is 0 Å². The van der Waals surface area contributed by atoms with E-state index < -0.39 is 5.91 Å². The Labute approximate surface area is 128 Å². The molecule has 0 N–H and O–H groups in total. The third kappa shape index (κ3) is 1.32. The Balaban J connectivity index is 1.63. The van der Waals surface area contributed by atoms with E-state index >= 15 is 0 Å². The van der Waals surface area contributed by atoms with Crippen LogP contribution in [0.25, 0.3) is 0 Å². The molecule has 3 fully saturated rings. The number of benzene rings is 2. The Morgan fingerprint density at radius 1 is 0.909 bits per heavy atom. The predicted molar refractivity (Wildman–Crippen MR) is 79.2 cm³/mol. The highest BCUT2D eigenvalue weighted by Crippen LogP contribution is 2.52. The summed E-state index contributed by atoms with van der Waals surface area (Å²) in [5.74, 6) is -1.01. The molecule has 110 valence electrons. The van der Waals surface area contributed by atoms with Gasteiger partial charge in [0.15, 0.2) is 0 Å². The van der Waals surface area contributed by atoms with Crippen LogP contribution in [0, 0.1) is 0 Å². The van der Waals surface area contributed by atoms with E-state index in [-0.39, 0.29) is 11.3 Å². The van der Waals surface area contributed by atoms with Gasteiger partial charge in [-0.15, -0.1) is 0 Å². The molecular formula is C18H15NO3. The van der Waals surface area contributed by atoms with Crippen molar-refractivity contribution in [1.82, 2.24) is 4.90 Å². The molecule has 0 saturated carbocycles. The molecule has 4 heterocycles. The lowest BCUT2D eigenvalue weighted by atomic mass is 9.78. The van der Waals surface area contributed by atoms with Crippen LogP contribution in [0.4, 0.5) is 0 Å². The quantitative estimate of drug-likeness (QED) is 0.809. The molecule has 0 radical (unpaired) electrons. The van der Waals surface area contributed by atoms with Crippen molar-refractivity contribution in [2.45, 2.75) is 11.3 Å². The lowest BCUT2D eigenvalue weighted by Gasteiger charge is -2.55. The third-order valence-corrected chi connectivity index (χ3v) is 5.03. The van der Waals surface area contributed by atoms with E-state index in [1.54, 1.807) is 4.90 Å². The normalized spacial score (nSPS) is 32.0. The summed E-state index contributed by atoms with van der Waals surface area (Å²) in [6.45, 7) is 1.76. The molecule has 4 aliphatic rings. The highest BCUT2D eigenvalue weighted by Gasteiger charge is 2.63. The summed E-state index contributed by atoms with van der Waals surface area (Å²) in [7, 11) is 0. The Hall–Kier alpha value is -2.17. The maximum atomic E-state index is 12.8. The number of amides is 1. The second-order valence-corrected chi connectivity index (χ2v) is 6.24. The molecule has 2 aromatic carbocycles. The average Bonchev–Trinajstić information content (AvgIpc) is 2.86. The van der Waals surface area contributed by atoms with Gasteiger partial charge in [-0.25, -0.2) is 0 Å². The number of carbonyl (C=O) groups is 1. The van der Waals surface area contributed by atoms with Gasteiger partial charge in [-0.1, -0.05) is 48.5 Å². The second-order valence-electron chi connectivity index (χ2n) is 6.24. The van der Waals surface area contributed by atoms with E-state index in [2.05, 4.69) is 12.1 Å². The van der Waals surface area contributed by atoms with Gasteiger partial charge in [-0.3, -0.25) is 9.69 Å². The van der Waals surface area contributed by atoms with E-state index in [0.29, 0.717) is 25.3 Å². The third-order valence-electron chi connectivity index (χ3n) is 5.03. The topological polar surface area (TPSA) is 38.8 Å². The van der Waals surface area contributed by atoms with Gasteiger partial charge >= 0.3 is 0 Å². The van der Waals surface area contributed by atoms with E-state index in [0.717, 1.165) is 11.1 Å².